The molecule has 0 amide bonds. The summed E-state index contributed by atoms with van der Waals surface area (Å²) in [5, 5.41) is 13.6. The van der Waals surface area contributed by atoms with Gasteiger partial charge in [0.25, 0.3) is 0 Å². The molecule has 29 heavy (non-hydrogen) atoms. The van der Waals surface area contributed by atoms with Crippen molar-refractivity contribution in [3.8, 4) is 5.75 Å². The molecule has 3 heterocycles. The number of nitrogens with zero attached hydrogens (tertiary/aromatic N) is 2. The number of rotatable bonds is 6. The molecule has 0 bridgehead atoms. The van der Waals surface area contributed by atoms with E-state index in [1.807, 2.05) is 25.1 Å². The molecule has 0 saturated heterocycles. The third-order valence-electron chi connectivity index (χ3n) is 4.72. The van der Waals surface area contributed by atoms with E-state index in [4.69, 9.17) is 10.2 Å². The Kier molecular flexibility index (Phi) is 4.87. The standard InChI is InChI=1S/C22H20N4O3/c1-13-17-11-16(27)4-5-20(17)29-21(13)19(28)10-14-6-8-24-15(9-14)12-26-18-3-2-7-25-22(18)23/h2-9,11,26-27H,10,12H2,1H3,(H2,23,25). The van der Waals surface area contributed by atoms with Crippen LogP contribution in [-0.4, -0.2) is 20.9 Å². The van der Waals surface area contributed by atoms with Crippen molar-refractivity contribution in [1.82, 2.24) is 9.97 Å². The average Bonchev–Trinajstić information content (AvgIpc) is 3.04. The van der Waals surface area contributed by atoms with Crippen molar-refractivity contribution in [2.75, 3.05) is 11.1 Å². The van der Waals surface area contributed by atoms with E-state index in [-0.39, 0.29) is 18.0 Å². The van der Waals surface area contributed by atoms with Crippen LogP contribution >= 0.6 is 0 Å². The van der Waals surface area contributed by atoms with Crippen molar-refractivity contribution in [1.29, 1.82) is 0 Å². The molecule has 0 saturated carbocycles. The summed E-state index contributed by atoms with van der Waals surface area (Å²) < 4.78 is 5.73. The topological polar surface area (TPSA) is 114 Å². The van der Waals surface area contributed by atoms with E-state index in [9.17, 15) is 9.90 Å². The van der Waals surface area contributed by atoms with Gasteiger partial charge in [-0.1, -0.05) is 0 Å². The highest BCUT2D eigenvalue weighted by molar-refractivity contribution is 6.01. The fourth-order valence-corrected chi connectivity index (χ4v) is 3.23. The molecule has 4 N–H and O–H groups in total. The van der Waals surface area contributed by atoms with Gasteiger partial charge in [-0.15, -0.1) is 0 Å². The van der Waals surface area contributed by atoms with Crippen molar-refractivity contribution in [3.05, 3.63) is 77.4 Å². The molecule has 0 fully saturated rings. The van der Waals surface area contributed by atoms with Crippen LogP contribution in [0.3, 0.4) is 0 Å². The zero-order valence-electron chi connectivity index (χ0n) is 15.8. The third-order valence-corrected chi connectivity index (χ3v) is 4.72. The number of pyridine rings is 2. The first kappa shape index (κ1) is 18.5. The lowest BCUT2D eigenvalue weighted by molar-refractivity contribution is 0.0967. The van der Waals surface area contributed by atoms with Crippen LogP contribution in [0.1, 0.15) is 27.4 Å². The normalized spacial score (nSPS) is 10.9. The van der Waals surface area contributed by atoms with E-state index in [0.717, 1.165) is 27.9 Å². The number of nitrogens with one attached hydrogen (secondary N) is 1. The number of nitrogen functional groups attached to an aromatic ring is 1. The SMILES string of the molecule is Cc1c(C(=O)Cc2ccnc(CNc3cccnc3N)c2)oc2ccc(O)cc12. The number of fused-ring (bicyclic) bond motifs is 1. The monoisotopic (exact) mass is 388 g/mol. The largest absolute Gasteiger partial charge is 0.508 e. The fourth-order valence-electron chi connectivity index (χ4n) is 3.23. The Hall–Kier alpha value is -3.87. The van der Waals surface area contributed by atoms with Gasteiger partial charge >= 0.3 is 0 Å². The highest BCUT2D eigenvalue weighted by atomic mass is 16.3. The van der Waals surface area contributed by atoms with E-state index < -0.39 is 0 Å². The molecule has 0 aliphatic rings. The van der Waals surface area contributed by atoms with Gasteiger partial charge in [0.1, 0.15) is 17.2 Å². The van der Waals surface area contributed by atoms with Crippen LogP contribution < -0.4 is 11.1 Å². The van der Waals surface area contributed by atoms with E-state index in [0.29, 0.717) is 23.7 Å². The Morgan fingerprint density at radius 1 is 1.17 bits per heavy atom. The number of hydrogen-bond acceptors (Lipinski definition) is 7. The number of anilines is 2. The minimum absolute atomic E-state index is 0.125. The van der Waals surface area contributed by atoms with Crippen molar-refractivity contribution in [2.45, 2.75) is 19.9 Å². The zero-order chi connectivity index (χ0) is 20.4. The molecule has 146 valence electrons. The second-order valence-corrected chi connectivity index (χ2v) is 6.78. The van der Waals surface area contributed by atoms with Gasteiger partial charge in [-0.3, -0.25) is 9.78 Å². The number of aryl methyl sites for hydroxylation is 1. The maximum absolute atomic E-state index is 12.8. The van der Waals surface area contributed by atoms with Gasteiger partial charge in [-0.05, 0) is 55.0 Å². The summed E-state index contributed by atoms with van der Waals surface area (Å²) >= 11 is 0. The quantitative estimate of drug-likeness (QED) is 0.430. The van der Waals surface area contributed by atoms with Crippen molar-refractivity contribution in [2.24, 2.45) is 0 Å². The molecule has 4 aromatic rings. The second-order valence-electron chi connectivity index (χ2n) is 6.78. The van der Waals surface area contributed by atoms with Crippen molar-refractivity contribution < 1.29 is 14.3 Å². The van der Waals surface area contributed by atoms with Gasteiger partial charge in [0.15, 0.2) is 5.76 Å². The molecule has 0 radical (unpaired) electrons. The molecule has 4 rings (SSSR count). The van der Waals surface area contributed by atoms with E-state index in [1.165, 1.54) is 6.07 Å². The average molecular weight is 388 g/mol. The number of phenolic OH excluding ortho intramolecular Hbond substituents is 1. The minimum Gasteiger partial charge on any atom is -0.508 e. The summed E-state index contributed by atoms with van der Waals surface area (Å²) in [7, 11) is 0. The molecule has 7 heteroatoms. The van der Waals surface area contributed by atoms with Crippen LogP contribution in [-0.2, 0) is 13.0 Å². The number of Topliss-reactive ketones (excluding diaryl/α,β-unsaturated/α-hetero) is 1. The second kappa shape index (κ2) is 7.63. The summed E-state index contributed by atoms with van der Waals surface area (Å²) in [5.41, 5.74) is 9.49. The Labute approximate surface area is 167 Å². The van der Waals surface area contributed by atoms with Crippen LogP contribution in [0, 0.1) is 6.92 Å². The van der Waals surface area contributed by atoms with Gasteiger partial charge in [0.2, 0.25) is 5.78 Å². The molecular formula is C22H20N4O3. The van der Waals surface area contributed by atoms with Crippen molar-refractivity contribution in [3.63, 3.8) is 0 Å². The Morgan fingerprint density at radius 3 is 2.86 bits per heavy atom. The lowest BCUT2D eigenvalue weighted by Crippen LogP contribution is -2.07. The van der Waals surface area contributed by atoms with Crippen LogP contribution in [0.15, 0.2) is 59.3 Å². The summed E-state index contributed by atoms with van der Waals surface area (Å²) in [5.74, 6) is 0.746. The Morgan fingerprint density at radius 2 is 2.03 bits per heavy atom. The summed E-state index contributed by atoms with van der Waals surface area (Å²) in [6.07, 6.45) is 3.50. The maximum atomic E-state index is 12.8. The first-order chi connectivity index (χ1) is 14.0. The van der Waals surface area contributed by atoms with Gasteiger partial charge in [0, 0.05) is 29.8 Å². The number of benzene rings is 1. The fraction of sp³-hybridized carbons (Fsp3) is 0.136. The Balaban J connectivity index is 1.50. The summed E-state index contributed by atoms with van der Waals surface area (Å²) in [4.78, 5) is 21.2. The maximum Gasteiger partial charge on any atom is 0.202 e. The van der Waals surface area contributed by atoms with E-state index in [2.05, 4.69) is 15.3 Å². The first-order valence-corrected chi connectivity index (χ1v) is 9.15. The van der Waals surface area contributed by atoms with Crippen molar-refractivity contribution >= 4 is 28.3 Å². The Bertz CT molecular complexity index is 1200. The zero-order valence-corrected chi connectivity index (χ0v) is 15.8. The van der Waals surface area contributed by atoms with Gasteiger partial charge < -0.3 is 20.6 Å². The number of aromatic nitrogens is 2. The van der Waals surface area contributed by atoms with Crippen LogP contribution in [0.4, 0.5) is 11.5 Å². The molecule has 0 unspecified atom stereocenters. The lowest BCUT2D eigenvalue weighted by Gasteiger charge is -2.08. The molecule has 0 aliphatic carbocycles. The lowest BCUT2D eigenvalue weighted by atomic mass is 10.0. The van der Waals surface area contributed by atoms with Crippen LogP contribution in [0.25, 0.3) is 11.0 Å². The molecule has 3 aromatic heterocycles. The molecular weight excluding hydrogens is 368 g/mol. The number of carbonyl (C=O) groups excluding carboxylic acids is 1. The number of aromatic hydroxyl groups is 1. The predicted molar refractivity (Wildman–Crippen MR) is 111 cm³/mol. The van der Waals surface area contributed by atoms with E-state index in [1.54, 1.807) is 30.6 Å². The molecule has 0 aliphatic heterocycles. The van der Waals surface area contributed by atoms with Crippen LogP contribution in [0.2, 0.25) is 0 Å². The first-order valence-electron chi connectivity index (χ1n) is 9.15. The van der Waals surface area contributed by atoms with Crippen LogP contribution in [0.5, 0.6) is 5.75 Å². The number of carbonyl (C=O) groups is 1. The molecule has 1 aromatic carbocycles. The summed E-state index contributed by atoms with van der Waals surface area (Å²) in [6.45, 7) is 2.28. The molecule has 0 spiro atoms. The minimum atomic E-state index is -0.125. The third kappa shape index (κ3) is 3.89. The summed E-state index contributed by atoms with van der Waals surface area (Å²) in [6, 6.07) is 12.1. The predicted octanol–water partition coefficient (Wildman–Crippen LogP) is 3.86. The number of hydrogen-bond donors (Lipinski definition) is 3. The number of phenols is 1. The number of furan rings is 1. The van der Waals surface area contributed by atoms with Gasteiger partial charge in [-0.2, -0.15) is 0 Å². The highest BCUT2D eigenvalue weighted by Gasteiger charge is 2.18. The van der Waals surface area contributed by atoms with Gasteiger partial charge in [0.05, 0.1) is 17.9 Å². The number of nitrogens with two attached hydrogens (primary N) is 1. The van der Waals surface area contributed by atoms with E-state index >= 15 is 0 Å². The molecule has 0 atom stereocenters. The number of ketones is 1. The molecule has 7 nitrogen and oxygen atoms in total. The smallest absolute Gasteiger partial charge is 0.202 e. The van der Waals surface area contributed by atoms with Gasteiger partial charge in [-0.25, -0.2) is 4.98 Å². The highest BCUT2D eigenvalue weighted by Crippen LogP contribution is 2.29.